The van der Waals surface area contributed by atoms with Crippen LogP contribution in [0.4, 0.5) is 17.1 Å². The molecule has 0 aliphatic heterocycles. The minimum absolute atomic E-state index is 0.493. The molecule has 1 aliphatic carbocycles. The maximum Gasteiger partial charge on any atom is 0.145 e. The molecule has 0 spiro atoms. The third-order valence-electron chi connectivity index (χ3n) is 11.4. The Kier molecular flexibility index (Phi) is 7.58. The van der Waals surface area contributed by atoms with Gasteiger partial charge in [-0.2, -0.15) is 0 Å². The first kappa shape index (κ1) is 32.4. The van der Waals surface area contributed by atoms with E-state index in [9.17, 15) is 0 Å². The molecule has 0 atom stereocenters. The summed E-state index contributed by atoms with van der Waals surface area (Å²) in [5, 5.41) is 3.53. The third-order valence-corrected chi connectivity index (χ3v) is 12.3. The number of imidazole rings is 1. The van der Waals surface area contributed by atoms with Crippen molar-refractivity contribution in [3.05, 3.63) is 234 Å². The number of anilines is 3. The van der Waals surface area contributed by atoms with Gasteiger partial charge >= 0.3 is 0 Å². The Morgan fingerprint density at radius 2 is 1.11 bits per heavy atom. The molecule has 2 aromatic heterocycles. The monoisotopic (exact) mass is 733 g/mol. The summed E-state index contributed by atoms with van der Waals surface area (Å²) in [6.07, 6.45) is 0. The predicted octanol–water partition coefficient (Wildman–Crippen LogP) is 13.7. The SMILES string of the molecule is c1ccc(-n2c(-c3ccc(N(c4ccc5c(c4)C(c4ccccc4)(c4ccccc4)c4ccccc4-5)c4csc5ccccc45)cc3)nc3ccccc32)cc1. The molecule has 10 aromatic rings. The van der Waals surface area contributed by atoms with E-state index in [1.807, 2.05) is 0 Å². The molecule has 1 aliphatic rings. The minimum Gasteiger partial charge on any atom is -0.309 e. The van der Waals surface area contributed by atoms with Gasteiger partial charge in [-0.25, -0.2) is 4.98 Å². The van der Waals surface area contributed by atoms with Crippen LogP contribution in [0.15, 0.2) is 212 Å². The highest BCUT2D eigenvalue weighted by molar-refractivity contribution is 7.17. The fourth-order valence-electron chi connectivity index (χ4n) is 8.95. The van der Waals surface area contributed by atoms with E-state index in [0.717, 1.165) is 45.2 Å². The molecular formula is C52H35N3S. The second kappa shape index (κ2) is 13.1. The van der Waals surface area contributed by atoms with Gasteiger partial charge in [-0.05, 0) is 100 Å². The van der Waals surface area contributed by atoms with Crippen molar-refractivity contribution in [3.8, 4) is 28.2 Å². The first-order chi connectivity index (χ1) is 27.8. The van der Waals surface area contributed by atoms with E-state index < -0.39 is 5.41 Å². The molecule has 0 amide bonds. The number of hydrogen-bond acceptors (Lipinski definition) is 3. The second-order valence-corrected chi connectivity index (χ2v) is 15.3. The van der Waals surface area contributed by atoms with Gasteiger partial charge in [0.25, 0.3) is 0 Å². The Morgan fingerprint density at radius 1 is 0.500 bits per heavy atom. The first-order valence-electron chi connectivity index (χ1n) is 19.0. The third kappa shape index (κ3) is 4.93. The average molecular weight is 734 g/mol. The van der Waals surface area contributed by atoms with Crippen molar-refractivity contribution >= 4 is 49.5 Å². The summed E-state index contributed by atoms with van der Waals surface area (Å²) in [4.78, 5) is 7.60. The molecule has 0 unspecified atom stereocenters. The zero-order valence-corrected chi connectivity index (χ0v) is 31.3. The van der Waals surface area contributed by atoms with Crippen LogP contribution in [0.1, 0.15) is 22.3 Å². The highest BCUT2D eigenvalue weighted by Gasteiger charge is 2.46. The number of thiophene rings is 1. The Labute approximate surface area is 330 Å². The number of fused-ring (bicyclic) bond motifs is 5. The van der Waals surface area contributed by atoms with Crippen LogP contribution in [0, 0.1) is 0 Å². The number of aromatic nitrogens is 2. The quantitative estimate of drug-likeness (QED) is 0.163. The fourth-order valence-corrected chi connectivity index (χ4v) is 9.88. The average Bonchev–Trinajstić information content (AvgIpc) is 3.96. The van der Waals surface area contributed by atoms with Gasteiger partial charge in [0.2, 0.25) is 0 Å². The van der Waals surface area contributed by atoms with Gasteiger partial charge in [-0.1, -0.05) is 140 Å². The largest absolute Gasteiger partial charge is 0.309 e. The highest BCUT2D eigenvalue weighted by atomic mass is 32.1. The smallest absolute Gasteiger partial charge is 0.145 e. The van der Waals surface area contributed by atoms with Crippen molar-refractivity contribution in [1.82, 2.24) is 9.55 Å². The number of hydrogen-bond donors (Lipinski definition) is 0. The highest BCUT2D eigenvalue weighted by Crippen LogP contribution is 2.57. The van der Waals surface area contributed by atoms with Crippen LogP contribution in [0.3, 0.4) is 0 Å². The summed E-state index contributed by atoms with van der Waals surface area (Å²) in [5.74, 6) is 0.919. The summed E-state index contributed by atoms with van der Waals surface area (Å²) in [6.45, 7) is 0. The molecule has 56 heavy (non-hydrogen) atoms. The standard InChI is InChI=1S/C52H35N3S/c1-4-16-37(17-5-1)52(38-18-6-2-7-19-38)45-24-12-10-22-42(45)43-33-32-41(34-46(43)52)54(49-35-56-50-27-15-11-23-44(49)50)40-30-28-36(29-31-40)51-53-47-25-13-14-26-48(47)55(51)39-20-8-3-9-21-39/h1-35H. The van der Waals surface area contributed by atoms with Gasteiger partial charge < -0.3 is 4.90 Å². The van der Waals surface area contributed by atoms with E-state index in [4.69, 9.17) is 4.98 Å². The van der Waals surface area contributed by atoms with Crippen molar-refractivity contribution < 1.29 is 0 Å². The Morgan fingerprint density at radius 3 is 1.88 bits per heavy atom. The molecule has 8 aromatic carbocycles. The molecule has 11 rings (SSSR count). The molecule has 0 saturated carbocycles. The van der Waals surface area contributed by atoms with Crippen molar-refractivity contribution in [3.63, 3.8) is 0 Å². The summed E-state index contributed by atoms with van der Waals surface area (Å²) in [5.41, 5.74) is 14.7. The lowest BCUT2D eigenvalue weighted by Gasteiger charge is -2.34. The zero-order valence-electron chi connectivity index (χ0n) is 30.5. The maximum atomic E-state index is 5.17. The Hall–Kier alpha value is -7.01. The Balaban J connectivity index is 1.12. The van der Waals surface area contributed by atoms with E-state index in [1.54, 1.807) is 11.3 Å². The van der Waals surface area contributed by atoms with Gasteiger partial charge in [-0.15, -0.1) is 11.3 Å². The number of rotatable bonds is 7. The molecule has 264 valence electrons. The molecule has 0 fully saturated rings. The van der Waals surface area contributed by atoms with Crippen molar-refractivity contribution in [1.29, 1.82) is 0 Å². The molecule has 4 heteroatoms. The molecule has 2 heterocycles. The molecule has 3 nitrogen and oxygen atoms in total. The fraction of sp³-hybridized carbons (Fsp3) is 0.0192. The molecule has 0 radical (unpaired) electrons. The maximum absolute atomic E-state index is 5.17. The second-order valence-electron chi connectivity index (χ2n) is 14.4. The molecule has 0 bridgehead atoms. The van der Waals surface area contributed by atoms with E-state index in [2.05, 4.69) is 221 Å². The van der Waals surface area contributed by atoms with E-state index in [1.165, 1.54) is 43.5 Å². The van der Waals surface area contributed by atoms with Crippen LogP contribution in [0.25, 0.3) is 49.3 Å². The predicted molar refractivity (Wildman–Crippen MR) is 234 cm³/mol. The first-order valence-corrected chi connectivity index (χ1v) is 19.9. The van der Waals surface area contributed by atoms with Crippen molar-refractivity contribution in [2.24, 2.45) is 0 Å². The van der Waals surface area contributed by atoms with Gasteiger partial charge in [0.1, 0.15) is 5.82 Å². The topological polar surface area (TPSA) is 21.1 Å². The van der Waals surface area contributed by atoms with Gasteiger partial charge in [0, 0.05) is 38.1 Å². The van der Waals surface area contributed by atoms with E-state index >= 15 is 0 Å². The molecular weight excluding hydrogens is 699 g/mol. The molecule has 0 N–H and O–H groups in total. The Bertz CT molecular complexity index is 2980. The van der Waals surface area contributed by atoms with Crippen LogP contribution in [-0.2, 0) is 5.41 Å². The van der Waals surface area contributed by atoms with Crippen LogP contribution in [-0.4, -0.2) is 9.55 Å². The minimum atomic E-state index is -0.493. The number of para-hydroxylation sites is 3. The van der Waals surface area contributed by atoms with Crippen LogP contribution in [0.2, 0.25) is 0 Å². The summed E-state index contributed by atoms with van der Waals surface area (Å²) in [6, 6.07) is 74.7. The van der Waals surface area contributed by atoms with Crippen LogP contribution in [0.5, 0.6) is 0 Å². The van der Waals surface area contributed by atoms with Crippen molar-refractivity contribution in [2.75, 3.05) is 4.90 Å². The van der Waals surface area contributed by atoms with Gasteiger partial charge in [0.05, 0.1) is 22.1 Å². The van der Waals surface area contributed by atoms with E-state index in [-0.39, 0.29) is 0 Å². The lowest BCUT2D eigenvalue weighted by atomic mass is 9.67. The van der Waals surface area contributed by atoms with E-state index in [0.29, 0.717) is 0 Å². The number of benzene rings is 8. The van der Waals surface area contributed by atoms with Gasteiger partial charge in [0.15, 0.2) is 0 Å². The molecule has 0 saturated heterocycles. The summed E-state index contributed by atoms with van der Waals surface area (Å²) >= 11 is 1.79. The van der Waals surface area contributed by atoms with Gasteiger partial charge in [-0.3, -0.25) is 4.57 Å². The van der Waals surface area contributed by atoms with Crippen LogP contribution < -0.4 is 4.90 Å². The summed E-state index contributed by atoms with van der Waals surface area (Å²) < 4.78 is 3.52. The lowest BCUT2D eigenvalue weighted by molar-refractivity contribution is 0.768. The normalized spacial score (nSPS) is 12.8. The zero-order chi connectivity index (χ0) is 37.1. The number of nitrogens with zero attached hydrogens (tertiary/aromatic N) is 3. The lowest BCUT2D eigenvalue weighted by Crippen LogP contribution is -2.28. The summed E-state index contributed by atoms with van der Waals surface area (Å²) in [7, 11) is 0. The van der Waals surface area contributed by atoms with Crippen LogP contribution >= 0.6 is 11.3 Å². The van der Waals surface area contributed by atoms with Crippen molar-refractivity contribution in [2.45, 2.75) is 5.41 Å².